The Morgan fingerprint density at radius 1 is 1.24 bits per heavy atom. The van der Waals surface area contributed by atoms with Crippen molar-refractivity contribution in [3.8, 4) is 22.8 Å². The fourth-order valence-corrected chi connectivity index (χ4v) is 3.60. The molecule has 1 aliphatic heterocycles. The Bertz CT molecular complexity index is 1160. The van der Waals surface area contributed by atoms with Crippen molar-refractivity contribution in [3.63, 3.8) is 0 Å². The van der Waals surface area contributed by atoms with E-state index in [1.54, 1.807) is 57.4 Å². The molecule has 1 unspecified atom stereocenters. The Hall–Kier alpha value is -3.86. The Labute approximate surface area is 189 Å². The minimum atomic E-state index is -0.674. The van der Waals surface area contributed by atoms with E-state index in [2.05, 4.69) is 20.4 Å². The number of carbonyl (C=O) groups is 1. The fourth-order valence-electron chi connectivity index (χ4n) is 3.60. The number of aromatic nitrogens is 3. The molecule has 0 saturated carbocycles. The normalized spacial score (nSPS) is 16.5. The van der Waals surface area contributed by atoms with E-state index < -0.39 is 22.7 Å². The number of nitrogens with zero attached hydrogens (tertiary/aromatic N) is 5. The fraction of sp³-hybridized carbons (Fsp3) is 0.364. The first-order valence-corrected chi connectivity index (χ1v) is 10.5. The molecule has 0 aliphatic carbocycles. The number of nitro groups is 1. The summed E-state index contributed by atoms with van der Waals surface area (Å²) in [6, 6.07) is 7.61. The van der Waals surface area contributed by atoms with Gasteiger partial charge in [-0.25, -0.2) is 4.79 Å². The number of rotatable bonds is 4. The predicted molar refractivity (Wildman–Crippen MR) is 118 cm³/mol. The molecule has 11 heteroatoms. The molecule has 2 aromatic heterocycles. The topological polar surface area (TPSA) is 137 Å². The molecule has 1 saturated heterocycles. The zero-order valence-electron chi connectivity index (χ0n) is 18.5. The first-order valence-electron chi connectivity index (χ1n) is 10.5. The number of pyridine rings is 1. The molecule has 172 valence electrons. The van der Waals surface area contributed by atoms with E-state index in [1.807, 2.05) is 0 Å². The summed E-state index contributed by atoms with van der Waals surface area (Å²) in [6.07, 6.45) is 2.71. The Morgan fingerprint density at radius 2 is 2.00 bits per heavy atom. The highest BCUT2D eigenvalue weighted by atomic mass is 16.6. The number of amides is 1. The average molecular weight is 452 g/mol. The van der Waals surface area contributed by atoms with Crippen molar-refractivity contribution >= 4 is 11.8 Å². The van der Waals surface area contributed by atoms with E-state index >= 15 is 0 Å². The summed E-state index contributed by atoms with van der Waals surface area (Å²) in [4.78, 5) is 34.1. The lowest BCUT2D eigenvalue weighted by atomic mass is 9.99. The quantitative estimate of drug-likeness (QED) is 0.465. The third-order valence-corrected chi connectivity index (χ3v) is 5.07. The van der Waals surface area contributed by atoms with Gasteiger partial charge in [0.05, 0.1) is 16.5 Å². The Morgan fingerprint density at radius 3 is 2.70 bits per heavy atom. The van der Waals surface area contributed by atoms with Crippen molar-refractivity contribution in [2.24, 2.45) is 0 Å². The smallest absolute Gasteiger partial charge is 0.410 e. The van der Waals surface area contributed by atoms with Crippen LogP contribution in [-0.4, -0.2) is 56.3 Å². The van der Waals surface area contributed by atoms with Crippen molar-refractivity contribution in [1.82, 2.24) is 25.3 Å². The van der Waals surface area contributed by atoms with Gasteiger partial charge in [-0.1, -0.05) is 5.16 Å². The summed E-state index contributed by atoms with van der Waals surface area (Å²) in [5.74, 6) is 0.508. The lowest BCUT2D eigenvalue weighted by molar-refractivity contribution is -0.385. The standard InChI is InChI=1S/C22H24N6O5/c1-22(2,3)32-21(29)27-11-10-24-13-18(27)16-5-4-15(12-17(16)28(30)31)20-25-19(26-33-20)14-6-8-23-9-7-14/h4-9,12,18,24H,10-11,13H2,1-3H3. The summed E-state index contributed by atoms with van der Waals surface area (Å²) in [6.45, 7) is 6.66. The van der Waals surface area contributed by atoms with E-state index in [0.717, 1.165) is 0 Å². The summed E-state index contributed by atoms with van der Waals surface area (Å²) in [5.41, 5.74) is 0.708. The van der Waals surface area contributed by atoms with Gasteiger partial charge < -0.3 is 14.6 Å². The van der Waals surface area contributed by atoms with Crippen LogP contribution in [0, 0.1) is 10.1 Å². The number of ether oxygens (including phenoxy) is 1. The van der Waals surface area contributed by atoms with Crippen LogP contribution in [0.15, 0.2) is 47.2 Å². The van der Waals surface area contributed by atoms with Crippen LogP contribution in [0.3, 0.4) is 0 Å². The zero-order chi connectivity index (χ0) is 23.6. The van der Waals surface area contributed by atoms with E-state index in [4.69, 9.17) is 9.26 Å². The predicted octanol–water partition coefficient (Wildman–Crippen LogP) is 3.59. The van der Waals surface area contributed by atoms with E-state index in [9.17, 15) is 14.9 Å². The minimum absolute atomic E-state index is 0.140. The SMILES string of the molecule is CC(C)(C)OC(=O)N1CCNCC1c1ccc(-c2nc(-c3ccncc3)no2)cc1[N+](=O)[O-]. The largest absolute Gasteiger partial charge is 0.444 e. The van der Waals surface area contributed by atoms with Crippen molar-refractivity contribution in [2.45, 2.75) is 32.4 Å². The lowest BCUT2D eigenvalue weighted by Gasteiger charge is -2.37. The first kappa shape index (κ1) is 22.3. The monoisotopic (exact) mass is 452 g/mol. The van der Waals surface area contributed by atoms with Gasteiger partial charge in [-0.2, -0.15) is 4.98 Å². The molecular formula is C22H24N6O5. The Kier molecular flexibility index (Phi) is 6.05. The molecule has 0 bridgehead atoms. The summed E-state index contributed by atoms with van der Waals surface area (Å²) < 4.78 is 10.9. The molecule has 1 atom stereocenters. The number of carbonyl (C=O) groups excluding carboxylic acids is 1. The molecule has 0 radical (unpaired) electrons. The lowest BCUT2D eigenvalue weighted by Crippen LogP contribution is -2.50. The molecule has 0 spiro atoms. The molecule has 1 fully saturated rings. The molecule has 3 heterocycles. The van der Waals surface area contributed by atoms with Gasteiger partial charge >= 0.3 is 6.09 Å². The van der Waals surface area contributed by atoms with Gasteiger partial charge in [0, 0.05) is 49.2 Å². The molecular weight excluding hydrogens is 428 g/mol. The van der Waals surface area contributed by atoms with Gasteiger partial charge in [-0.15, -0.1) is 0 Å². The number of benzene rings is 1. The first-order chi connectivity index (χ1) is 15.7. The Balaban J connectivity index is 1.67. The second-order valence-electron chi connectivity index (χ2n) is 8.58. The van der Waals surface area contributed by atoms with Gasteiger partial charge in [-0.05, 0) is 45.0 Å². The number of hydrogen-bond donors (Lipinski definition) is 1. The summed E-state index contributed by atoms with van der Waals surface area (Å²) in [5, 5.41) is 19.1. The molecule has 11 nitrogen and oxygen atoms in total. The second-order valence-corrected chi connectivity index (χ2v) is 8.58. The molecule has 1 aliphatic rings. The van der Waals surface area contributed by atoms with Crippen molar-refractivity contribution < 1.29 is 19.0 Å². The number of piperazine rings is 1. The van der Waals surface area contributed by atoms with Gasteiger partial charge in [0.25, 0.3) is 11.6 Å². The summed E-state index contributed by atoms with van der Waals surface area (Å²) in [7, 11) is 0. The second kappa shape index (κ2) is 8.94. The van der Waals surface area contributed by atoms with E-state index in [-0.39, 0.29) is 11.6 Å². The van der Waals surface area contributed by atoms with Crippen LogP contribution < -0.4 is 5.32 Å². The maximum absolute atomic E-state index is 12.8. The highest BCUT2D eigenvalue weighted by molar-refractivity contribution is 5.70. The third-order valence-electron chi connectivity index (χ3n) is 5.07. The van der Waals surface area contributed by atoms with Crippen molar-refractivity contribution in [3.05, 3.63) is 58.4 Å². The minimum Gasteiger partial charge on any atom is -0.444 e. The number of hydrogen-bond acceptors (Lipinski definition) is 9. The van der Waals surface area contributed by atoms with Crippen molar-refractivity contribution in [1.29, 1.82) is 0 Å². The van der Waals surface area contributed by atoms with Crippen LogP contribution >= 0.6 is 0 Å². The molecule has 3 aromatic rings. The summed E-state index contributed by atoms with van der Waals surface area (Å²) >= 11 is 0. The average Bonchev–Trinajstić information content (AvgIpc) is 3.28. The highest BCUT2D eigenvalue weighted by Gasteiger charge is 2.35. The maximum Gasteiger partial charge on any atom is 0.410 e. The molecule has 4 rings (SSSR count). The van der Waals surface area contributed by atoms with E-state index in [1.165, 1.54) is 11.0 Å². The highest BCUT2D eigenvalue weighted by Crippen LogP contribution is 2.34. The molecule has 1 amide bonds. The molecule has 33 heavy (non-hydrogen) atoms. The van der Waals surface area contributed by atoms with Crippen LogP contribution in [0.2, 0.25) is 0 Å². The number of nitro benzene ring substituents is 1. The maximum atomic E-state index is 12.8. The van der Waals surface area contributed by atoms with Gasteiger partial charge in [0.15, 0.2) is 0 Å². The molecule has 1 N–H and O–H groups in total. The third kappa shape index (κ3) is 4.98. The zero-order valence-corrected chi connectivity index (χ0v) is 18.5. The molecule has 1 aromatic carbocycles. The van der Waals surface area contributed by atoms with E-state index in [0.29, 0.717) is 42.1 Å². The van der Waals surface area contributed by atoms with Crippen LogP contribution in [0.4, 0.5) is 10.5 Å². The van der Waals surface area contributed by atoms with Crippen molar-refractivity contribution in [2.75, 3.05) is 19.6 Å². The van der Waals surface area contributed by atoms with Gasteiger partial charge in [0.2, 0.25) is 5.82 Å². The van der Waals surface area contributed by atoms with Crippen LogP contribution in [0.25, 0.3) is 22.8 Å². The number of nitrogens with one attached hydrogen (secondary N) is 1. The van der Waals surface area contributed by atoms with Crippen LogP contribution in [-0.2, 0) is 4.74 Å². The van der Waals surface area contributed by atoms with Crippen LogP contribution in [0.5, 0.6) is 0 Å². The van der Waals surface area contributed by atoms with Gasteiger partial charge in [0.1, 0.15) is 5.60 Å². The van der Waals surface area contributed by atoms with Crippen LogP contribution in [0.1, 0.15) is 32.4 Å². The van der Waals surface area contributed by atoms with Gasteiger partial charge in [-0.3, -0.25) is 20.0 Å².